The average molecular weight is 411 g/mol. The monoisotopic (exact) mass is 411 g/mol. The van der Waals surface area contributed by atoms with Crippen molar-refractivity contribution >= 4 is 44.5 Å². The van der Waals surface area contributed by atoms with E-state index in [9.17, 15) is 9.59 Å². The zero-order chi connectivity index (χ0) is 20.5. The standard InChI is InChI=1S/C24H17N3O2S/c28-22(25-18-12-11-16-6-1-2-7-17(16)14-18)15-27-24(29)20-9-4-3-8-19(20)23(26-27)21-10-5-13-30-21/h1-14H,15H2,(H,25,28). The molecule has 0 fully saturated rings. The van der Waals surface area contributed by atoms with Crippen LogP contribution in [0.4, 0.5) is 5.69 Å². The minimum Gasteiger partial charge on any atom is -0.324 e. The number of nitrogens with one attached hydrogen (secondary N) is 1. The first kappa shape index (κ1) is 18.3. The molecule has 0 radical (unpaired) electrons. The number of thiophene rings is 1. The lowest BCUT2D eigenvalue weighted by molar-refractivity contribution is -0.117. The molecular weight excluding hydrogens is 394 g/mol. The Morgan fingerprint density at radius 3 is 2.47 bits per heavy atom. The van der Waals surface area contributed by atoms with Crippen LogP contribution in [-0.4, -0.2) is 15.7 Å². The number of fused-ring (bicyclic) bond motifs is 2. The zero-order valence-electron chi connectivity index (χ0n) is 15.9. The van der Waals surface area contributed by atoms with Gasteiger partial charge in [-0.15, -0.1) is 11.3 Å². The van der Waals surface area contributed by atoms with E-state index in [4.69, 9.17) is 0 Å². The largest absolute Gasteiger partial charge is 0.324 e. The summed E-state index contributed by atoms with van der Waals surface area (Å²) in [7, 11) is 0. The zero-order valence-corrected chi connectivity index (χ0v) is 16.7. The lowest BCUT2D eigenvalue weighted by Gasteiger charge is -2.11. The summed E-state index contributed by atoms with van der Waals surface area (Å²) in [6, 6.07) is 24.9. The van der Waals surface area contributed by atoms with Crippen molar-refractivity contribution in [2.75, 3.05) is 5.32 Å². The van der Waals surface area contributed by atoms with Gasteiger partial charge in [0.1, 0.15) is 12.2 Å². The molecule has 1 N–H and O–H groups in total. The molecular formula is C24H17N3O2S. The predicted molar refractivity (Wildman–Crippen MR) is 122 cm³/mol. The van der Waals surface area contributed by atoms with Crippen molar-refractivity contribution in [1.82, 2.24) is 9.78 Å². The first-order valence-corrected chi connectivity index (χ1v) is 10.4. The number of benzene rings is 3. The van der Waals surface area contributed by atoms with Gasteiger partial charge in [-0.2, -0.15) is 5.10 Å². The van der Waals surface area contributed by atoms with Crippen molar-refractivity contribution in [3.63, 3.8) is 0 Å². The number of amides is 1. The van der Waals surface area contributed by atoms with Crippen LogP contribution < -0.4 is 10.9 Å². The van der Waals surface area contributed by atoms with Crippen LogP contribution in [0.25, 0.3) is 32.1 Å². The van der Waals surface area contributed by atoms with Gasteiger partial charge in [-0.1, -0.05) is 54.6 Å². The molecule has 0 saturated carbocycles. The Morgan fingerprint density at radius 1 is 0.900 bits per heavy atom. The molecule has 0 bridgehead atoms. The molecule has 146 valence electrons. The summed E-state index contributed by atoms with van der Waals surface area (Å²) in [6.07, 6.45) is 0. The van der Waals surface area contributed by atoms with Gasteiger partial charge in [-0.3, -0.25) is 9.59 Å². The van der Waals surface area contributed by atoms with Crippen molar-refractivity contribution in [3.8, 4) is 10.6 Å². The van der Waals surface area contributed by atoms with Crippen LogP contribution >= 0.6 is 11.3 Å². The smallest absolute Gasteiger partial charge is 0.275 e. The molecule has 5 nitrogen and oxygen atoms in total. The molecule has 0 unspecified atom stereocenters. The summed E-state index contributed by atoms with van der Waals surface area (Å²) in [6.45, 7) is -0.158. The van der Waals surface area contributed by atoms with E-state index >= 15 is 0 Å². The Bertz CT molecular complexity index is 1440. The van der Waals surface area contributed by atoms with Gasteiger partial charge in [-0.05, 0) is 40.4 Å². The third-order valence-corrected chi connectivity index (χ3v) is 5.83. The fourth-order valence-corrected chi connectivity index (χ4v) is 4.26. The summed E-state index contributed by atoms with van der Waals surface area (Å²) < 4.78 is 1.24. The SMILES string of the molecule is O=C(Cn1nc(-c2cccs2)c2ccccc2c1=O)Nc1ccc2ccccc2c1. The lowest BCUT2D eigenvalue weighted by atomic mass is 10.1. The fourth-order valence-electron chi connectivity index (χ4n) is 3.54. The third kappa shape index (κ3) is 3.38. The molecule has 3 aromatic carbocycles. The molecule has 5 aromatic rings. The minimum absolute atomic E-state index is 0.158. The number of carbonyl (C=O) groups excluding carboxylic acids is 1. The maximum atomic E-state index is 12.9. The van der Waals surface area contributed by atoms with Crippen molar-refractivity contribution in [2.45, 2.75) is 6.54 Å². The van der Waals surface area contributed by atoms with Crippen molar-refractivity contribution in [2.24, 2.45) is 0 Å². The number of hydrogen-bond acceptors (Lipinski definition) is 4. The highest BCUT2D eigenvalue weighted by Crippen LogP contribution is 2.28. The van der Waals surface area contributed by atoms with Gasteiger partial charge in [0.15, 0.2) is 0 Å². The maximum absolute atomic E-state index is 12.9. The average Bonchev–Trinajstić information content (AvgIpc) is 3.30. The van der Waals surface area contributed by atoms with Crippen LogP contribution in [0.2, 0.25) is 0 Å². The maximum Gasteiger partial charge on any atom is 0.275 e. The molecule has 0 aliphatic carbocycles. The Morgan fingerprint density at radius 2 is 1.67 bits per heavy atom. The van der Waals surface area contributed by atoms with Gasteiger partial charge in [0.25, 0.3) is 5.56 Å². The summed E-state index contributed by atoms with van der Waals surface area (Å²) >= 11 is 1.55. The van der Waals surface area contributed by atoms with Crippen molar-refractivity contribution < 1.29 is 4.79 Å². The van der Waals surface area contributed by atoms with E-state index in [1.165, 1.54) is 4.68 Å². The second-order valence-electron chi connectivity index (χ2n) is 6.94. The molecule has 0 aliphatic rings. The highest BCUT2D eigenvalue weighted by Gasteiger charge is 2.15. The molecule has 0 atom stereocenters. The summed E-state index contributed by atoms with van der Waals surface area (Å²) in [5, 5.41) is 12.8. The summed E-state index contributed by atoms with van der Waals surface area (Å²) in [5.41, 5.74) is 1.12. The highest BCUT2D eigenvalue weighted by atomic mass is 32.1. The highest BCUT2D eigenvalue weighted by molar-refractivity contribution is 7.13. The van der Waals surface area contributed by atoms with Crippen molar-refractivity contribution in [1.29, 1.82) is 0 Å². The fraction of sp³-hybridized carbons (Fsp3) is 0.0417. The molecule has 6 heteroatoms. The Hall–Kier alpha value is -3.77. The topological polar surface area (TPSA) is 64.0 Å². The van der Waals surface area contributed by atoms with Crippen LogP contribution in [0.1, 0.15) is 0 Å². The number of rotatable bonds is 4. The van der Waals surface area contributed by atoms with Crippen LogP contribution in [0.5, 0.6) is 0 Å². The third-order valence-electron chi connectivity index (χ3n) is 4.95. The second-order valence-corrected chi connectivity index (χ2v) is 7.89. The molecule has 0 spiro atoms. The van der Waals surface area contributed by atoms with Gasteiger partial charge in [-0.25, -0.2) is 4.68 Å². The quantitative estimate of drug-likeness (QED) is 0.457. The van der Waals surface area contributed by atoms with Gasteiger partial charge in [0, 0.05) is 11.1 Å². The lowest BCUT2D eigenvalue weighted by Crippen LogP contribution is -2.30. The van der Waals surface area contributed by atoms with E-state index in [0.29, 0.717) is 16.8 Å². The van der Waals surface area contributed by atoms with Crippen LogP contribution in [0.15, 0.2) is 89.0 Å². The first-order valence-electron chi connectivity index (χ1n) is 9.51. The van der Waals surface area contributed by atoms with E-state index in [1.54, 1.807) is 17.4 Å². The van der Waals surface area contributed by atoms with Gasteiger partial charge >= 0.3 is 0 Å². The van der Waals surface area contributed by atoms with Gasteiger partial charge in [0.05, 0.1) is 10.3 Å². The molecule has 5 rings (SSSR count). The molecule has 0 aliphatic heterocycles. The van der Waals surface area contributed by atoms with Gasteiger partial charge < -0.3 is 5.32 Å². The Labute approximate surface area is 176 Å². The molecule has 2 aromatic heterocycles. The Balaban J connectivity index is 1.49. The van der Waals surface area contributed by atoms with E-state index in [1.807, 2.05) is 78.2 Å². The van der Waals surface area contributed by atoms with Crippen LogP contribution in [-0.2, 0) is 11.3 Å². The first-order chi connectivity index (χ1) is 14.7. The Kier molecular flexibility index (Phi) is 4.61. The van der Waals surface area contributed by atoms with E-state index in [-0.39, 0.29) is 18.0 Å². The number of aromatic nitrogens is 2. The number of carbonyl (C=O) groups is 1. The molecule has 1 amide bonds. The predicted octanol–water partition coefficient (Wildman–Crippen LogP) is 4.92. The number of hydrogen-bond donors (Lipinski definition) is 1. The van der Waals surface area contributed by atoms with E-state index < -0.39 is 0 Å². The minimum atomic E-state index is -0.299. The van der Waals surface area contributed by atoms with E-state index in [2.05, 4.69) is 10.4 Å². The molecule has 2 heterocycles. The normalized spacial score (nSPS) is 11.1. The summed E-state index contributed by atoms with van der Waals surface area (Å²) in [4.78, 5) is 26.6. The molecule has 0 saturated heterocycles. The number of anilines is 1. The number of nitrogens with zero attached hydrogens (tertiary/aromatic N) is 2. The molecule has 30 heavy (non-hydrogen) atoms. The van der Waals surface area contributed by atoms with Gasteiger partial charge in [0.2, 0.25) is 5.91 Å². The van der Waals surface area contributed by atoms with Crippen LogP contribution in [0.3, 0.4) is 0 Å². The second kappa shape index (κ2) is 7.57. The van der Waals surface area contributed by atoms with Crippen molar-refractivity contribution in [3.05, 3.63) is 94.6 Å². The van der Waals surface area contributed by atoms with E-state index in [0.717, 1.165) is 21.0 Å². The summed E-state index contributed by atoms with van der Waals surface area (Å²) in [5.74, 6) is -0.299. The van der Waals surface area contributed by atoms with Crippen LogP contribution in [0, 0.1) is 0 Å².